The predicted molar refractivity (Wildman–Crippen MR) is 107 cm³/mol. The van der Waals surface area contributed by atoms with E-state index < -0.39 is 0 Å². The lowest BCUT2D eigenvalue weighted by molar-refractivity contribution is 0.0728. The van der Waals surface area contributed by atoms with Crippen molar-refractivity contribution in [3.05, 3.63) is 47.8 Å². The summed E-state index contributed by atoms with van der Waals surface area (Å²) in [5.41, 5.74) is 2.94. The Bertz CT molecular complexity index is 793. The zero-order valence-electron chi connectivity index (χ0n) is 16.3. The topological polar surface area (TPSA) is 53.4 Å². The lowest BCUT2D eigenvalue weighted by Crippen LogP contribution is -2.33. The highest BCUT2D eigenvalue weighted by molar-refractivity contribution is 5.92. The first kappa shape index (κ1) is 18.0. The van der Waals surface area contributed by atoms with E-state index in [4.69, 9.17) is 0 Å². The van der Waals surface area contributed by atoms with E-state index in [0.29, 0.717) is 11.7 Å². The summed E-state index contributed by atoms with van der Waals surface area (Å²) in [4.78, 5) is 17.3. The fraction of sp³-hybridized carbons (Fsp3) is 0.524. The van der Waals surface area contributed by atoms with E-state index in [1.807, 2.05) is 35.9 Å². The second-order valence-electron chi connectivity index (χ2n) is 7.83. The smallest absolute Gasteiger partial charge is 0.274 e. The molecule has 4 rings (SSSR count). The molecule has 144 valence electrons. The predicted octanol–water partition coefficient (Wildman–Crippen LogP) is 2.85. The lowest BCUT2D eigenvalue weighted by atomic mass is 10.0. The van der Waals surface area contributed by atoms with Gasteiger partial charge >= 0.3 is 0 Å². The number of nitrogens with one attached hydrogen (secondary N) is 1. The number of piperidine rings is 1. The third kappa shape index (κ3) is 3.72. The van der Waals surface area contributed by atoms with Crippen LogP contribution < -0.4 is 10.2 Å². The average Bonchev–Trinajstić information content (AvgIpc) is 3.38. The van der Waals surface area contributed by atoms with E-state index in [0.717, 1.165) is 45.3 Å². The minimum Gasteiger partial charge on any atom is -0.378 e. The molecule has 2 aliphatic heterocycles. The first-order valence-electron chi connectivity index (χ1n) is 9.97. The van der Waals surface area contributed by atoms with Crippen LogP contribution in [-0.4, -0.2) is 54.3 Å². The normalized spacial score (nSPS) is 22.8. The van der Waals surface area contributed by atoms with Crippen molar-refractivity contribution in [1.29, 1.82) is 0 Å². The molecular formula is C21H29N5O. The fourth-order valence-electron chi connectivity index (χ4n) is 4.23. The summed E-state index contributed by atoms with van der Waals surface area (Å²) in [6.07, 6.45) is 6.28. The summed E-state index contributed by atoms with van der Waals surface area (Å²) >= 11 is 0. The molecule has 1 aromatic heterocycles. The van der Waals surface area contributed by atoms with Crippen molar-refractivity contribution in [2.24, 2.45) is 0 Å². The number of carbonyl (C=O) groups excluding carboxylic acids is 1. The van der Waals surface area contributed by atoms with E-state index in [2.05, 4.69) is 39.6 Å². The Hall–Kier alpha value is -2.34. The highest BCUT2D eigenvalue weighted by atomic mass is 16.2. The molecule has 2 fully saturated rings. The summed E-state index contributed by atoms with van der Waals surface area (Å²) in [5.74, 6) is 0.0512. The van der Waals surface area contributed by atoms with Crippen LogP contribution in [0, 0.1) is 0 Å². The Morgan fingerprint density at radius 3 is 2.89 bits per heavy atom. The molecule has 27 heavy (non-hydrogen) atoms. The van der Waals surface area contributed by atoms with Crippen molar-refractivity contribution in [3.8, 4) is 0 Å². The summed E-state index contributed by atoms with van der Waals surface area (Å²) in [6, 6.07) is 10.9. The number of carbonyl (C=O) groups is 1. The van der Waals surface area contributed by atoms with Crippen LogP contribution in [0.4, 0.5) is 5.69 Å². The van der Waals surface area contributed by atoms with Gasteiger partial charge < -0.3 is 15.1 Å². The zero-order chi connectivity index (χ0) is 18.8. The molecule has 6 heteroatoms. The van der Waals surface area contributed by atoms with Gasteiger partial charge in [0.05, 0.1) is 12.1 Å². The fourth-order valence-corrected chi connectivity index (χ4v) is 4.23. The highest BCUT2D eigenvalue weighted by Gasteiger charge is 2.32. The molecule has 3 heterocycles. The van der Waals surface area contributed by atoms with Gasteiger partial charge in [0.15, 0.2) is 0 Å². The molecular weight excluding hydrogens is 338 g/mol. The number of aromatic nitrogens is 2. The van der Waals surface area contributed by atoms with Gasteiger partial charge in [-0.15, -0.1) is 0 Å². The van der Waals surface area contributed by atoms with Gasteiger partial charge in [0.2, 0.25) is 0 Å². The average molecular weight is 367 g/mol. The molecule has 0 spiro atoms. The maximum Gasteiger partial charge on any atom is 0.274 e. The summed E-state index contributed by atoms with van der Waals surface area (Å²) in [5, 5.41) is 8.04. The molecule has 2 aromatic rings. The van der Waals surface area contributed by atoms with Gasteiger partial charge in [-0.3, -0.25) is 9.48 Å². The van der Waals surface area contributed by atoms with Crippen LogP contribution >= 0.6 is 0 Å². The van der Waals surface area contributed by atoms with Crippen LogP contribution in [0.3, 0.4) is 0 Å². The van der Waals surface area contributed by atoms with Gasteiger partial charge in [-0.1, -0.05) is 12.1 Å². The quantitative estimate of drug-likeness (QED) is 0.903. The molecule has 0 bridgehead atoms. The molecule has 1 N–H and O–H groups in total. The zero-order valence-corrected chi connectivity index (χ0v) is 16.3. The minimum atomic E-state index is 0.0512. The van der Waals surface area contributed by atoms with Crippen molar-refractivity contribution >= 4 is 11.6 Å². The van der Waals surface area contributed by atoms with Gasteiger partial charge in [0, 0.05) is 39.1 Å². The second kappa shape index (κ2) is 7.72. The lowest BCUT2D eigenvalue weighted by Gasteiger charge is -2.26. The molecule has 6 nitrogen and oxygen atoms in total. The van der Waals surface area contributed by atoms with Crippen molar-refractivity contribution in [3.63, 3.8) is 0 Å². The third-order valence-electron chi connectivity index (χ3n) is 5.76. The van der Waals surface area contributed by atoms with Gasteiger partial charge in [0.25, 0.3) is 5.91 Å². The van der Waals surface area contributed by atoms with Gasteiger partial charge in [-0.25, -0.2) is 0 Å². The van der Waals surface area contributed by atoms with Crippen LogP contribution in [0.5, 0.6) is 0 Å². The Kier molecular flexibility index (Phi) is 5.16. The van der Waals surface area contributed by atoms with Crippen LogP contribution in [0.25, 0.3) is 0 Å². The Labute approximate surface area is 161 Å². The number of hydrogen-bond donors (Lipinski definition) is 1. The monoisotopic (exact) mass is 367 g/mol. The molecule has 0 saturated carbocycles. The summed E-state index contributed by atoms with van der Waals surface area (Å²) in [7, 11) is 4.09. The second-order valence-corrected chi connectivity index (χ2v) is 7.83. The number of likely N-dealkylation sites (tertiary alicyclic amines) is 1. The van der Waals surface area contributed by atoms with E-state index in [9.17, 15) is 4.79 Å². The number of benzene rings is 1. The van der Waals surface area contributed by atoms with E-state index in [-0.39, 0.29) is 11.9 Å². The van der Waals surface area contributed by atoms with Gasteiger partial charge in [0.1, 0.15) is 5.69 Å². The van der Waals surface area contributed by atoms with Crippen molar-refractivity contribution in [2.75, 3.05) is 38.6 Å². The molecule has 2 unspecified atom stereocenters. The number of anilines is 1. The van der Waals surface area contributed by atoms with E-state index >= 15 is 0 Å². The highest BCUT2D eigenvalue weighted by Crippen LogP contribution is 2.34. The van der Waals surface area contributed by atoms with Crippen LogP contribution in [-0.2, 0) is 0 Å². The van der Waals surface area contributed by atoms with Crippen LogP contribution in [0.1, 0.15) is 53.8 Å². The summed E-state index contributed by atoms with van der Waals surface area (Å²) < 4.78 is 1.97. The Morgan fingerprint density at radius 1 is 1.22 bits per heavy atom. The number of nitrogens with zero attached hydrogens (tertiary/aromatic N) is 4. The number of rotatable bonds is 4. The molecule has 1 amide bonds. The Morgan fingerprint density at radius 2 is 2.11 bits per heavy atom. The van der Waals surface area contributed by atoms with E-state index in [1.165, 1.54) is 11.3 Å². The largest absolute Gasteiger partial charge is 0.378 e. The molecule has 2 atom stereocenters. The molecule has 2 saturated heterocycles. The minimum absolute atomic E-state index is 0.0512. The SMILES string of the molecule is CN(C)c1cccc(C2CCCN2C(=O)c2ccn(C3CCCNC3)n2)c1. The Balaban J connectivity index is 1.52. The van der Waals surface area contributed by atoms with Gasteiger partial charge in [-0.05, 0) is 56.0 Å². The molecule has 2 aliphatic rings. The van der Waals surface area contributed by atoms with E-state index in [1.54, 1.807) is 0 Å². The van der Waals surface area contributed by atoms with Gasteiger partial charge in [-0.2, -0.15) is 5.10 Å². The standard InChI is InChI=1S/C21H29N5O/c1-24(2)17-7-3-6-16(14-17)20-9-5-12-25(20)21(27)19-10-13-26(23-19)18-8-4-11-22-15-18/h3,6-7,10,13-14,18,20,22H,4-5,8-9,11-12,15H2,1-2H3. The first-order valence-corrected chi connectivity index (χ1v) is 9.97. The maximum absolute atomic E-state index is 13.2. The summed E-state index contributed by atoms with van der Waals surface area (Å²) in [6.45, 7) is 2.80. The van der Waals surface area contributed by atoms with Crippen molar-refractivity contribution < 1.29 is 4.79 Å². The third-order valence-corrected chi connectivity index (χ3v) is 5.76. The first-order chi connectivity index (χ1) is 13.1. The van der Waals surface area contributed by atoms with Crippen molar-refractivity contribution in [2.45, 2.75) is 37.8 Å². The number of hydrogen-bond acceptors (Lipinski definition) is 4. The van der Waals surface area contributed by atoms with Crippen LogP contribution in [0.15, 0.2) is 36.5 Å². The number of amides is 1. The molecule has 0 aliphatic carbocycles. The molecule has 1 aromatic carbocycles. The molecule has 0 radical (unpaired) electrons. The van der Waals surface area contributed by atoms with Crippen LogP contribution in [0.2, 0.25) is 0 Å². The van der Waals surface area contributed by atoms with Crippen molar-refractivity contribution in [1.82, 2.24) is 20.0 Å². The maximum atomic E-state index is 13.2.